The van der Waals surface area contributed by atoms with E-state index in [4.69, 9.17) is 16.3 Å². The number of carbonyl (C=O) groups is 1. The summed E-state index contributed by atoms with van der Waals surface area (Å²) in [5.41, 5.74) is 1.37. The molecule has 1 amide bonds. The minimum Gasteiger partial charge on any atom is -0.376 e. The largest absolute Gasteiger partial charge is 0.376 e. The van der Waals surface area contributed by atoms with Crippen LogP contribution in [0.4, 0.5) is 10.8 Å². The van der Waals surface area contributed by atoms with Gasteiger partial charge in [-0.2, -0.15) is 0 Å². The summed E-state index contributed by atoms with van der Waals surface area (Å²) in [7, 11) is 0. The van der Waals surface area contributed by atoms with E-state index in [0.29, 0.717) is 34.4 Å². The number of nitro groups is 1. The van der Waals surface area contributed by atoms with Crippen molar-refractivity contribution in [3.8, 4) is 0 Å². The molecule has 1 fully saturated rings. The highest BCUT2D eigenvalue weighted by Crippen LogP contribution is 2.33. The predicted molar refractivity (Wildman–Crippen MR) is 118 cm³/mol. The van der Waals surface area contributed by atoms with E-state index in [2.05, 4.69) is 4.98 Å². The van der Waals surface area contributed by atoms with Crippen LogP contribution in [0.5, 0.6) is 0 Å². The first-order chi connectivity index (χ1) is 14.5. The molecule has 0 radical (unpaired) electrons. The quantitative estimate of drug-likeness (QED) is 0.301. The second-order valence-electron chi connectivity index (χ2n) is 6.85. The van der Waals surface area contributed by atoms with Crippen molar-refractivity contribution in [2.24, 2.45) is 0 Å². The van der Waals surface area contributed by atoms with Crippen LogP contribution in [0.1, 0.15) is 18.4 Å². The molecule has 1 aromatic heterocycles. The second kappa shape index (κ2) is 8.91. The lowest BCUT2D eigenvalue weighted by Gasteiger charge is -2.21. The number of para-hydroxylation sites is 1. The van der Waals surface area contributed by atoms with Gasteiger partial charge < -0.3 is 4.74 Å². The zero-order valence-electron chi connectivity index (χ0n) is 15.9. The van der Waals surface area contributed by atoms with Gasteiger partial charge in [0.2, 0.25) is 0 Å². The lowest BCUT2D eigenvalue weighted by molar-refractivity contribution is -0.384. The molecule has 1 atom stereocenters. The molecule has 4 rings (SSSR count). The van der Waals surface area contributed by atoms with Crippen LogP contribution in [0.25, 0.3) is 16.3 Å². The fourth-order valence-electron chi connectivity index (χ4n) is 3.24. The van der Waals surface area contributed by atoms with Gasteiger partial charge in [-0.3, -0.25) is 19.8 Å². The van der Waals surface area contributed by atoms with Gasteiger partial charge in [0.15, 0.2) is 5.13 Å². The number of anilines is 1. The Morgan fingerprint density at radius 1 is 1.33 bits per heavy atom. The minimum atomic E-state index is -0.458. The van der Waals surface area contributed by atoms with Crippen LogP contribution in [-0.2, 0) is 9.53 Å². The van der Waals surface area contributed by atoms with Crippen molar-refractivity contribution in [3.05, 3.63) is 69.2 Å². The number of hydrogen-bond donors (Lipinski definition) is 0. The molecule has 2 heterocycles. The first kappa shape index (κ1) is 20.5. The van der Waals surface area contributed by atoms with Crippen molar-refractivity contribution < 1.29 is 14.5 Å². The molecule has 0 N–H and O–H groups in total. The number of nitro benzene ring substituents is 1. The topological polar surface area (TPSA) is 85.6 Å². The maximum atomic E-state index is 13.1. The van der Waals surface area contributed by atoms with Crippen LogP contribution in [0.15, 0.2) is 48.5 Å². The molecular formula is C21H18ClN3O4S. The third-order valence-corrected chi connectivity index (χ3v) is 6.14. The Morgan fingerprint density at radius 2 is 2.13 bits per heavy atom. The molecule has 0 spiro atoms. The number of ether oxygens (including phenoxy) is 1. The zero-order chi connectivity index (χ0) is 21.1. The van der Waals surface area contributed by atoms with Crippen molar-refractivity contribution in [1.82, 2.24) is 4.98 Å². The molecular weight excluding hydrogens is 426 g/mol. The van der Waals surface area contributed by atoms with Crippen LogP contribution >= 0.6 is 22.9 Å². The smallest absolute Gasteiger partial charge is 0.269 e. The summed E-state index contributed by atoms with van der Waals surface area (Å²) in [5, 5.41) is 11.9. The average molecular weight is 444 g/mol. The number of thiazole rings is 1. The molecule has 154 valence electrons. The number of fused-ring (bicyclic) bond motifs is 1. The minimum absolute atomic E-state index is 0.00448. The summed E-state index contributed by atoms with van der Waals surface area (Å²) in [6, 6.07) is 11.6. The molecule has 2 aromatic carbocycles. The first-order valence-corrected chi connectivity index (χ1v) is 10.6. The highest BCUT2D eigenvalue weighted by molar-refractivity contribution is 7.22. The Hall–Kier alpha value is -2.81. The zero-order valence-corrected chi connectivity index (χ0v) is 17.4. The van der Waals surface area contributed by atoms with E-state index in [0.717, 1.165) is 17.5 Å². The monoisotopic (exact) mass is 443 g/mol. The molecule has 7 nitrogen and oxygen atoms in total. The van der Waals surface area contributed by atoms with E-state index < -0.39 is 4.92 Å². The maximum Gasteiger partial charge on any atom is 0.269 e. The van der Waals surface area contributed by atoms with E-state index >= 15 is 0 Å². The van der Waals surface area contributed by atoms with Gasteiger partial charge in [0, 0.05) is 24.8 Å². The highest BCUT2D eigenvalue weighted by atomic mass is 35.5. The first-order valence-electron chi connectivity index (χ1n) is 9.42. The lowest BCUT2D eigenvalue weighted by Crippen LogP contribution is -2.36. The third kappa shape index (κ3) is 4.51. The van der Waals surface area contributed by atoms with E-state index in [1.54, 1.807) is 29.2 Å². The molecule has 0 saturated carbocycles. The summed E-state index contributed by atoms with van der Waals surface area (Å²) in [5.74, 6) is -0.237. The molecule has 1 aliphatic heterocycles. The molecule has 1 unspecified atom stereocenters. The van der Waals surface area contributed by atoms with Crippen molar-refractivity contribution >= 4 is 56.0 Å². The average Bonchev–Trinajstić information content (AvgIpc) is 3.41. The van der Waals surface area contributed by atoms with E-state index in [1.807, 2.05) is 12.1 Å². The van der Waals surface area contributed by atoms with E-state index in [-0.39, 0.29) is 17.7 Å². The standard InChI is InChI=1S/C21H18ClN3O4S/c22-17-4-1-5-18-20(17)23-21(30-18)24(13-16-3-2-12-29-16)19(26)11-8-14-6-9-15(10-7-14)25(27)28/h1,4-11,16H,2-3,12-13H2/b11-8-. The Balaban J connectivity index is 1.60. The fourth-order valence-corrected chi connectivity index (χ4v) is 4.52. The van der Waals surface area contributed by atoms with Crippen molar-refractivity contribution in [2.45, 2.75) is 18.9 Å². The normalized spacial score (nSPS) is 16.4. The number of hydrogen-bond acceptors (Lipinski definition) is 6. The van der Waals surface area contributed by atoms with E-state index in [9.17, 15) is 14.9 Å². The Morgan fingerprint density at radius 3 is 2.80 bits per heavy atom. The van der Waals surface area contributed by atoms with E-state index in [1.165, 1.54) is 29.5 Å². The van der Waals surface area contributed by atoms with Gasteiger partial charge in [0.25, 0.3) is 11.6 Å². The van der Waals surface area contributed by atoms with Crippen molar-refractivity contribution in [3.63, 3.8) is 0 Å². The summed E-state index contributed by atoms with van der Waals surface area (Å²) >= 11 is 7.66. The lowest BCUT2D eigenvalue weighted by atomic mass is 10.2. The number of halogens is 1. The summed E-state index contributed by atoms with van der Waals surface area (Å²) < 4.78 is 6.62. The van der Waals surface area contributed by atoms with Gasteiger partial charge in [-0.15, -0.1) is 0 Å². The van der Waals surface area contributed by atoms with Gasteiger partial charge in [0.05, 0.1) is 27.3 Å². The van der Waals surface area contributed by atoms with Crippen LogP contribution in [0.2, 0.25) is 5.02 Å². The molecule has 1 saturated heterocycles. The van der Waals surface area contributed by atoms with Gasteiger partial charge >= 0.3 is 0 Å². The van der Waals surface area contributed by atoms with Gasteiger partial charge in [0.1, 0.15) is 5.52 Å². The van der Waals surface area contributed by atoms with Crippen LogP contribution in [0, 0.1) is 10.1 Å². The molecule has 30 heavy (non-hydrogen) atoms. The van der Waals surface area contributed by atoms with Crippen LogP contribution in [0.3, 0.4) is 0 Å². The summed E-state index contributed by atoms with van der Waals surface area (Å²) in [6.45, 7) is 1.10. The summed E-state index contributed by atoms with van der Waals surface area (Å²) in [4.78, 5) is 29.6. The highest BCUT2D eigenvalue weighted by Gasteiger charge is 2.25. The number of aromatic nitrogens is 1. The van der Waals surface area contributed by atoms with Crippen molar-refractivity contribution in [2.75, 3.05) is 18.1 Å². The van der Waals surface area contributed by atoms with Gasteiger partial charge in [-0.1, -0.05) is 29.0 Å². The van der Waals surface area contributed by atoms with Gasteiger partial charge in [-0.05, 0) is 48.7 Å². The molecule has 3 aromatic rings. The molecule has 9 heteroatoms. The number of rotatable bonds is 6. The Bertz CT molecular complexity index is 1110. The molecule has 1 aliphatic rings. The molecule has 0 aliphatic carbocycles. The number of non-ortho nitro benzene ring substituents is 1. The maximum absolute atomic E-state index is 13.1. The number of amides is 1. The number of nitrogens with zero attached hydrogens (tertiary/aromatic N) is 3. The summed E-state index contributed by atoms with van der Waals surface area (Å²) in [6.07, 6.45) is 4.90. The SMILES string of the molecule is O=C(/C=C\c1ccc([N+](=O)[O-])cc1)N(CC1CCCO1)c1nc2c(Cl)cccc2s1. The van der Waals surface area contributed by atoms with Crippen LogP contribution in [-0.4, -0.2) is 35.1 Å². The van der Waals surface area contributed by atoms with Crippen LogP contribution < -0.4 is 4.90 Å². The Labute approximate surface area is 181 Å². The Kier molecular flexibility index (Phi) is 6.08. The van der Waals surface area contributed by atoms with Gasteiger partial charge in [-0.25, -0.2) is 4.98 Å². The third-order valence-electron chi connectivity index (χ3n) is 4.79. The predicted octanol–water partition coefficient (Wildman–Crippen LogP) is 5.08. The number of benzene rings is 2. The second-order valence-corrected chi connectivity index (χ2v) is 8.27. The number of carbonyl (C=O) groups excluding carboxylic acids is 1. The van der Waals surface area contributed by atoms with Crippen molar-refractivity contribution in [1.29, 1.82) is 0 Å². The molecule has 0 bridgehead atoms. The fraction of sp³-hybridized carbons (Fsp3) is 0.238.